The molecule has 0 aromatic heterocycles. The summed E-state index contributed by atoms with van der Waals surface area (Å²) in [6.07, 6.45) is 2.12. The van der Waals surface area contributed by atoms with Gasteiger partial charge >= 0.3 is 0 Å². The lowest BCUT2D eigenvalue weighted by Crippen LogP contribution is -2.56. The van der Waals surface area contributed by atoms with Gasteiger partial charge in [0.25, 0.3) is 0 Å². The summed E-state index contributed by atoms with van der Waals surface area (Å²) in [7, 11) is 0. The van der Waals surface area contributed by atoms with Crippen LogP contribution < -0.4 is 11.1 Å². The van der Waals surface area contributed by atoms with Crippen LogP contribution in [0.2, 0.25) is 0 Å². The quantitative estimate of drug-likeness (QED) is 0.856. The number of rotatable bonds is 5. The molecule has 1 aliphatic heterocycles. The second kappa shape index (κ2) is 6.37. The molecule has 1 aliphatic rings. The summed E-state index contributed by atoms with van der Waals surface area (Å²) in [5.74, 6) is -0.288. The van der Waals surface area contributed by atoms with Gasteiger partial charge in [-0.3, -0.25) is 9.69 Å². The third kappa shape index (κ3) is 4.05. The number of benzene rings is 1. The molecule has 4 heteroatoms. The van der Waals surface area contributed by atoms with Crippen molar-refractivity contribution < 1.29 is 4.79 Å². The minimum Gasteiger partial charge on any atom is -0.368 e. The molecule has 4 nitrogen and oxygen atoms in total. The SMILES string of the molecule is CC(C)(NC1CCN(Cc2ccccc2)CC1)C(N)=O. The van der Waals surface area contributed by atoms with E-state index in [1.807, 2.05) is 19.9 Å². The van der Waals surface area contributed by atoms with Gasteiger partial charge in [0.2, 0.25) is 5.91 Å². The predicted molar refractivity (Wildman–Crippen MR) is 81.2 cm³/mol. The first-order chi connectivity index (χ1) is 9.47. The van der Waals surface area contributed by atoms with Crippen molar-refractivity contribution in [3.05, 3.63) is 35.9 Å². The first kappa shape index (κ1) is 15.0. The van der Waals surface area contributed by atoms with Gasteiger partial charge in [-0.05, 0) is 45.3 Å². The van der Waals surface area contributed by atoms with Crippen molar-refractivity contribution in [2.45, 2.75) is 44.8 Å². The minimum absolute atomic E-state index is 0.288. The van der Waals surface area contributed by atoms with Crippen LogP contribution in [0.3, 0.4) is 0 Å². The van der Waals surface area contributed by atoms with Crippen LogP contribution in [0.1, 0.15) is 32.3 Å². The molecule has 1 aromatic rings. The van der Waals surface area contributed by atoms with Crippen molar-refractivity contribution in [2.75, 3.05) is 13.1 Å². The number of nitrogens with zero attached hydrogens (tertiary/aromatic N) is 1. The van der Waals surface area contributed by atoms with Crippen LogP contribution in [-0.4, -0.2) is 35.5 Å². The largest absolute Gasteiger partial charge is 0.368 e. The summed E-state index contributed by atoms with van der Waals surface area (Å²) in [5.41, 5.74) is 6.14. The number of amides is 1. The fourth-order valence-corrected chi connectivity index (χ4v) is 2.66. The smallest absolute Gasteiger partial charge is 0.237 e. The van der Waals surface area contributed by atoms with Crippen molar-refractivity contribution in [1.29, 1.82) is 0 Å². The molecule has 0 bridgehead atoms. The molecule has 1 fully saturated rings. The average Bonchev–Trinajstić information content (AvgIpc) is 2.42. The molecule has 110 valence electrons. The highest BCUT2D eigenvalue weighted by Gasteiger charge is 2.29. The first-order valence-corrected chi connectivity index (χ1v) is 7.31. The normalized spacial score (nSPS) is 18.1. The molecule has 0 unspecified atom stereocenters. The van der Waals surface area contributed by atoms with Gasteiger partial charge in [-0.1, -0.05) is 30.3 Å². The number of carbonyl (C=O) groups excluding carboxylic acids is 1. The van der Waals surface area contributed by atoms with E-state index in [0.717, 1.165) is 32.5 Å². The third-order valence-electron chi connectivity index (χ3n) is 4.02. The van der Waals surface area contributed by atoms with Crippen molar-refractivity contribution in [3.8, 4) is 0 Å². The van der Waals surface area contributed by atoms with Gasteiger partial charge in [-0.25, -0.2) is 0 Å². The maximum absolute atomic E-state index is 11.3. The number of carbonyl (C=O) groups is 1. The minimum atomic E-state index is -0.619. The number of primary amides is 1. The number of piperidine rings is 1. The molecule has 3 N–H and O–H groups in total. The Balaban J connectivity index is 1.79. The highest BCUT2D eigenvalue weighted by Crippen LogP contribution is 2.16. The van der Waals surface area contributed by atoms with Gasteiger partial charge in [0, 0.05) is 12.6 Å². The molecule has 1 aromatic carbocycles. The monoisotopic (exact) mass is 275 g/mol. The molecule has 2 rings (SSSR count). The van der Waals surface area contributed by atoms with E-state index >= 15 is 0 Å². The Labute approximate surface area is 121 Å². The molecule has 0 aliphatic carbocycles. The second-order valence-corrected chi connectivity index (χ2v) is 6.17. The summed E-state index contributed by atoms with van der Waals surface area (Å²) >= 11 is 0. The maximum atomic E-state index is 11.3. The van der Waals surface area contributed by atoms with Gasteiger partial charge in [-0.15, -0.1) is 0 Å². The van der Waals surface area contributed by atoms with Crippen LogP contribution in [0.25, 0.3) is 0 Å². The number of nitrogens with one attached hydrogen (secondary N) is 1. The van der Waals surface area contributed by atoms with Crippen LogP contribution >= 0.6 is 0 Å². The van der Waals surface area contributed by atoms with E-state index < -0.39 is 5.54 Å². The number of hydrogen-bond donors (Lipinski definition) is 2. The lowest BCUT2D eigenvalue weighted by Gasteiger charge is -2.36. The summed E-state index contributed by atoms with van der Waals surface area (Å²) in [6, 6.07) is 10.9. The van der Waals surface area contributed by atoms with Crippen molar-refractivity contribution in [2.24, 2.45) is 5.73 Å². The van der Waals surface area contributed by atoms with Crippen molar-refractivity contribution in [1.82, 2.24) is 10.2 Å². The topological polar surface area (TPSA) is 58.4 Å². The van der Waals surface area contributed by atoms with Gasteiger partial charge in [0.05, 0.1) is 5.54 Å². The van der Waals surface area contributed by atoms with Crippen LogP contribution in [0, 0.1) is 0 Å². The third-order valence-corrected chi connectivity index (χ3v) is 4.02. The molecule has 1 heterocycles. The Kier molecular flexibility index (Phi) is 4.78. The standard InChI is InChI=1S/C16H25N3O/c1-16(2,15(17)20)18-14-8-10-19(11-9-14)12-13-6-4-3-5-7-13/h3-7,14,18H,8-12H2,1-2H3,(H2,17,20). The van der Waals surface area contributed by atoms with E-state index in [-0.39, 0.29) is 5.91 Å². The zero-order chi connectivity index (χ0) is 14.6. The van der Waals surface area contributed by atoms with E-state index in [1.54, 1.807) is 0 Å². The molecular formula is C16H25N3O. The van der Waals surface area contributed by atoms with E-state index in [4.69, 9.17) is 5.73 Å². The number of likely N-dealkylation sites (tertiary alicyclic amines) is 1. The average molecular weight is 275 g/mol. The summed E-state index contributed by atoms with van der Waals surface area (Å²) in [6.45, 7) is 6.83. The van der Waals surface area contributed by atoms with E-state index in [1.165, 1.54) is 5.56 Å². The lowest BCUT2D eigenvalue weighted by atomic mass is 9.98. The van der Waals surface area contributed by atoms with Crippen LogP contribution in [-0.2, 0) is 11.3 Å². The van der Waals surface area contributed by atoms with Crippen LogP contribution in [0.15, 0.2) is 30.3 Å². The van der Waals surface area contributed by atoms with E-state index in [0.29, 0.717) is 6.04 Å². The van der Waals surface area contributed by atoms with E-state index in [9.17, 15) is 4.79 Å². The highest BCUT2D eigenvalue weighted by atomic mass is 16.1. The number of hydrogen-bond acceptors (Lipinski definition) is 3. The van der Waals surface area contributed by atoms with Gasteiger partial charge < -0.3 is 11.1 Å². The van der Waals surface area contributed by atoms with Crippen molar-refractivity contribution in [3.63, 3.8) is 0 Å². The zero-order valence-corrected chi connectivity index (χ0v) is 12.4. The second-order valence-electron chi connectivity index (χ2n) is 6.17. The summed E-state index contributed by atoms with van der Waals surface area (Å²) < 4.78 is 0. The fraction of sp³-hybridized carbons (Fsp3) is 0.562. The molecule has 1 saturated heterocycles. The van der Waals surface area contributed by atoms with Crippen molar-refractivity contribution >= 4 is 5.91 Å². The first-order valence-electron chi connectivity index (χ1n) is 7.31. The molecule has 0 radical (unpaired) electrons. The highest BCUT2D eigenvalue weighted by molar-refractivity contribution is 5.83. The molecular weight excluding hydrogens is 250 g/mol. The Morgan fingerprint density at radius 3 is 2.45 bits per heavy atom. The lowest BCUT2D eigenvalue weighted by molar-refractivity contribution is -0.123. The zero-order valence-electron chi connectivity index (χ0n) is 12.4. The summed E-state index contributed by atoms with van der Waals surface area (Å²) in [5, 5.41) is 3.38. The molecule has 0 atom stereocenters. The van der Waals surface area contributed by atoms with Gasteiger partial charge in [-0.2, -0.15) is 0 Å². The van der Waals surface area contributed by atoms with Gasteiger partial charge in [0.15, 0.2) is 0 Å². The Hall–Kier alpha value is -1.39. The molecule has 20 heavy (non-hydrogen) atoms. The fourth-order valence-electron chi connectivity index (χ4n) is 2.66. The van der Waals surface area contributed by atoms with Crippen LogP contribution in [0.4, 0.5) is 0 Å². The molecule has 0 saturated carbocycles. The summed E-state index contributed by atoms with van der Waals surface area (Å²) in [4.78, 5) is 13.8. The number of nitrogens with two attached hydrogens (primary N) is 1. The predicted octanol–water partition coefficient (Wildman–Crippen LogP) is 1.50. The Morgan fingerprint density at radius 2 is 1.90 bits per heavy atom. The molecule has 0 spiro atoms. The Bertz CT molecular complexity index is 436. The Morgan fingerprint density at radius 1 is 1.30 bits per heavy atom. The van der Waals surface area contributed by atoms with Crippen LogP contribution in [0.5, 0.6) is 0 Å². The van der Waals surface area contributed by atoms with E-state index in [2.05, 4.69) is 34.5 Å². The molecule has 1 amide bonds. The van der Waals surface area contributed by atoms with Gasteiger partial charge in [0.1, 0.15) is 0 Å². The maximum Gasteiger partial charge on any atom is 0.237 e.